The molecule has 0 spiro atoms. The monoisotopic (exact) mass is 313 g/mol. The number of nitrogens with one attached hydrogen (secondary N) is 2. The first-order chi connectivity index (χ1) is 9.80. The summed E-state index contributed by atoms with van der Waals surface area (Å²) in [6.45, 7) is 5.42. The first-order valence-electron chi connectivity index (χ1n) is 6.36. The molecule has 0 bridgehead atoms. The number of carbonyl (C=O) groups is 1. The van der Waals surface area contributed by atoms with Gasteiger partial charge in [0.2, 0.25) is 0 Å². The summed E-state index contributed by atoms with van der Waals surface area (Å²) in [5.74, 6) is 0.972. The van der Waals surface area contributed by atoms with E-state index in [1.54, 1.807) is 32.9 Å². The normalized spacial score (nSPS) is 10.7. The van der Waals surface area contributed by atoms with Crippen LogP contribution in [0.2, 0.25) is 0 Å². The third-order valence-corrected chi connectivity index (χ3v) is 2.27. The number of anilines is 1. The SMILES string of the molecule is CCOC(=O)NC(=S)Nc1ccc(OCC(C)(C)O)cn1. The Hall–Kier alpha value is -1.93. The van der Waals surface area contributed by atoms with Gasteiger partial charge in [-0.15, -0.1) is 0 Å². The number of aromatic nitrogens is 1. The maximum atomic E-state index is 11.2. The molecule has 0 saturated carbocycles. The van der Waals surface area contributed by atoms with Crippen LogP contribution in [0.15, 0.2) is 18.3 Å². The second-order valence-electron chi connectivity index (χ2n) is 4.78. The lowest BCUT2D eigenvalue weighted by atomic mass is 10.2. The molecule has 0 aromatic carbocycles. The van der Waals surface area contributed by atoms with Gasteiger partial charge in [0.15, 0.2) is 5.11 Å². The van der Waals surface area contributed by atoms with E-state index >= 15 is 0 Å². The van der Waals surface area contributed by atoms with Gasteiger partial charge in [0.05, 0.1) is 18.4 Å². The highest BCUT2D eigenvalue weighted by molar-refractivity contribution is 7.80. The van der Waals surface area contributed by atoms with E-state index in [9.17, 15) is 9.90 Å². The number of hydrogen-bond acceptors (Lipinski definition) is 6. The van der Waals surface area contributed by atoms with Crippen molar-refractivity contribution in [2.45, 2.75) is 26.4 Å². The van der Waals surface area contributed by atoms with E-state index in [2.05, 4.69) is 15.6 Å². The highest BCUT2D eigenvalue weighted by Crippen LogP contribution is 2.14. The molecule has 3 N–H and O–H groups in total. The number of pyridine rings is 1. The zero-order valence-corrected chi connectivity index (χ0v) is 13.0. The molecule has 8 heteroatoms. The van der Waals surface area contributed by atoms with Gasteiger partial charge in [-0.1, -0.05) is 0 Å². The van der Waals surface area contributed by atoms with Crippen molar-refractivity contribution in [2.24, 2.45) is 0 Å². The molecule has 7 nitrogen and oxygen atoms in total. The fraction of sp³-hybridized carbons (Fsp3) is 0.462. The number of hydrogen-bond donors (Lipinski definition) is 3. The van der Waals surface area contributed by atoms with Crippen LogP contribution in [0, 0.1) is 0 Å². The number of amides is 1. The van der Waals surface area contributed by atoms with Gasteiger partial charge in [-0.25, -0.2) is 9.78 Å². The molecule has 0 atom stereocenters. The van der Waals surface area contributed by atoms with E-state index in [0.717, 1.165) is 0 Å². The van der Waals surface area contributed by atoms with Crippen LogP contribution < -0.4 is 15.4 Å². The summed E-state index contributed by atoms with van der Waals surface area (Å²) in [5, 5.41) is 14.7. The number of thiocarbonyl (C=S) groups is 1. The molecule has 0 fully saturated rings. The lowest BCUT2D eigenvalue weighted by Gasteiger charge is -2.17. The molecule has 116 valence electrons. The minimum absolute atomic E-state index is 0.0890. The number of carbonyl (C=O) groups excluding carboxylic acids is 1. The smallest absolute Gasteiger partial charge is 0.413 e. The van der Waals surface area contributed by atoms with E-state index in [1.165, 1.54) is 6.20 Å². The Bertz CT molecular complexity index is 485. The fourth-order valence-corrected chi connectivity index (χ4v) is 1.39. The molecule has 1 rings (SSSR count). The number of ether oxygens (including phenoxy) is 2. The molecule has 0 aliphatic rings. The summed E-state index contributed by atoms with van der Waals surface area (Å²) >= 11 is 4.93. The van der Waals surface area contributed by atoms with Crippen LogP contribution in [-0.2, 0) is 4.74 Å². The van der Waals surface area contributed by atoms with E-state index in [1.807, 2.05) is 0 Å². The molecular weight excluding hydrogens is 294 g/mol. The van der Waals surface area contributed by atoms with Crippen molar-refractivity contribution in [3.63, 3.8) is 0 Å². The quantitative estimate of drug-likeness (QED) is 0.712. The fourth-order valence-electron chi connectivity index (χ4n) is 1.21. The van der Waals surface area contributed by atoms with Crippen LogP contribution in [0.4, 0.5) is 10.6 Å². The average Bonchev–Trinajstić information content (AvgIpc) is 2.37. The van der Waals surface area contributed by atoms with Crippen molar-refractivity contribution in [2.75, 3.05) is 18.5 Å². The molecule has 0 aliphatic heterocycles. The van der Waals surface area contributed by atoms with Crippen LogP contribution in [0.1, 0.15) is 20.8 Å². The molecule has 0 saturated heterocycles. The van der Waals surface area contributed by atoms with E-state index < -0.39 is 11.7 Å². The summed E-state index contributed by atoms with van der Waals surface area (Å²) in [7, 11) is 0. The predicted octanol–water partition coefficient (Wildman–Crippen LogP) is 1.67. The van der Waals surface area contributed by atoms with Gasteiger partial charge in [-0.05, 0) is 45.1 Å². The first-order valence-corrected chi connectivity index (χ1v) is 6.77. The Labute approximate surface area is 128 Å². The summed E-state index contributed by atoms with van der Waals surface area (Å²) in [6.07, 6.45) is 0.862. The van der Waals surface area contributed by atoms with Gasteiger partial charge in [0, 0.05) is 0 Å². The molecule has 1 amide bonds. The summed E-state index contributed by atoms with van der Waals surface area (Å²) < 4.78 is 10.1. The second kappa shape index (κ2) is 7.75. The third-order valence-electron chi connectivity index (χ3n) is 2.06. The van der Waals surface area contributed by atoms with Gasteiger partial charge in [0.1, 0.15) is 18.2 Å². The number of alkyl carbamates (subject to hydrolysis) is 1. The summed E-state index contributed by atoms with van der Waals surface area (Å²) in [6, 6.07) is 3.31. The molecule has 1 aromatic heterocycles. The molecule has 0 radical (unpaired) electrons. The van der Waals surface area contributed by atoms with Crippen molar-refractivity contribution in [3.8, 4) is 5.75 Å². The standard InChI is InChI=1S/C13H19N3O4S/c1-4-19-12(17)16-11(21)15-10-6-5-9(7-14-10)20-8-13(2,3)18/h5-7,18H,4,8H2,1-3H3,(H2,14,15,16,17,21). The molecule has 1 aromatic rings. The molecule has 0 aliphatic carbocycles. The van der Waals surface area contributed by atoms with E-state index in [-0.39, 0.29) is 18.3 Å². The second-order valence-corrected chi connectivity index (χ2v) is 5.19. The van der Waals surface area contributed by atoms with Crippen LogP contribution in [0.3, 0.4) is 0 Å². The number of nitrogens with zero attached hydrogens (tertiary/aromatic N) is 1. The predicted molar refractivity (Wildman–Crippen MR) is 82.4 cm³/mol. The minimum Gasteiger partial charge on any atom is -0.489 e. The molecule has 21 heavy (non-hydrogen) atoms. The van der Waals surface area contributed by atoms with E-state index in [0.29, 0.717) is 11.6 Å². The van der Waals surface area contributed by atoms with Gasteiger partial charge in [-0.2, -0.15) is 0 Å². The number of rotatable bonds is 5. The van der Waals surface area contributed by atoms with Crippen LogP contribution in [-0.4, -0.2) is 40.1 Å². The first kappa shape index (κ1) is 17.1. The average molecular weight is 313 g/mol. The molecular formula is C13H19N3O4S. The topological polar surface area (TPSA) is 92.7 Å². The maximum Gasteiger partial charge on any atom is 0.413 e. The Morgan fingerprint density at radius 3 is 2.71 bits per heavy atom. The van der Waals surface area contributed by atoms with Crippen molar-refractivity contribution < 1.29 is 19.4 Å². The highest BCUT2D eigenvalue weighted by atomic mass is 32.1. The van der Waals surface area contributed by atoms with Crippen LogP contribution in [0.25, 0.3) is 0 Å². The van der Waals surface area contributed by atoms with Gasteiger partial charge >= 0.3 is 6.09 Å². The van der Waals surface area contributed by atoms with Gasteiger partial charge in [-0.3, -0.25) is 5.32 Å². The zero-order chi connectivity index (χ0) is 15.9. The van der Waals surface area contributed by atoms with Gasteiger partial charge in [0.25, 0.3) is 0 Å². The van der Waals surface area contributed by atoms with Gasteiger partial charge < -0.3 is 19.9 Å². The Morgan fingerprint density at radius 1 is 1.48 bits per heavy atom. The lowest BCUT2D eigenvalue weighted by Crippen LogP contribution is -2.34. The van der Waals surface area contributed by atoms with Crippen LogP contribution in [0.5, 0.6) is 5.75 Å². The third kappa shape index (κ3) is 7.42. The Morgan fingerprint density at radius 2 is 2.19 bits per heavy atom. The van der Waals surface area contributed by atoms with Crippen molar-refractivity contribution in [3.05, 3.63) is 18.3 Å². The maximum absolute atomic E-state index is 11.2. The lowest BCUT2D eigenvalue weighted by molar-refractivity contribution is 0.0284. The largest absolute Gasteiger partial charge is 0.489 e. The Kier molecular flexibility index (Phi) is 6.32. The molecule has 0 unspecified atom stereocenters. The summed E-state index contributed by atoms with van der Waals surface area (Å²) in [4.78, 5) is 15.2. The highest BCUT2D eigenvalue weighted by Gasteiger charge is 2.13. The van der Waals surface area contributed by atoms with E-state index in [4.69, 9.17) is 21.7 Å². The summed E-state index contributed by atoms with van der Waals surface area (Å²) in [5.41, 5.74) is -0.915. The van der Waals surface area contributed by atoms with Crippen molar-refractivity contribution in [1.82, 2.24) is 10.3 Å². The van der Waals surface area contributed by atoms with Crippen molar-refractivity contribution >= 4 is 29.2 Å². The minimum atomic E-state index is -0.915. The van der Waals surface area contributed by atoms with Crippen molar-refractivity contribution in [1.29, 1.82) is 0 Å². The Balaban J connectivity index is 2.47. The zero-order valence-electron chi connectivity index (χ0n) is 12.2. The van der Waals surface area contributed by atoms with Crippen LogP contribution >= 0.6 is 12.2 Å². The molecule has 1 heterocycles. The number of aliphatic hydroxyl groups is 1.